The van der Waals surface area contributed by atoms with Crippen molar-refractivity contribution in [1.82, 2.24) is 4.72 Å². The molecule has 1 aromatic carbocycles. The Kier molecular flexibility index (Phi) is 6.38. The van der Waals surface area contributed by atoms with Crippen molar-refractivity contribution in [2.24, 2.45) is 0 Å². The highest BCUT2D eigenvalue weighted by atomic mass is 32.2. The van der Waals surface area contributed by atoms with Crippen LogP contribution in [0.5, 0.6) is 11.5 Å². The summed E-state index contributed by atoms with van der Waals surface area (Å²) in [6.07, 6.45) is 1.69. The number of esters is 1. The maximum atomic E-state index is 12.3. The molecule has 1 aromatic rings. The Morgan fingerprint density at radius 1 is 1.20 bits per heavy atom. The summed E-state index contributed by atoms with van der Waals surface area (Å²) in [7, 11) is -1.11. The fourth-order valence-corrected chi connectivity index (χ4v) is 3.48. The van der Waals surface area contributed by atoms with E-state index < -0.39 is 28.6 Å². The van der Waals surface area contributed by atoms with Gasteiger partial charge in [-0.25, -0.2) is 8.42 Å². The van der Waals surface area contributed by atoms with Crippen LogP contribution in [0.25, 0.3) is 0 Å². The lowest BCUT2D eigenvalue weighted by atomic mass is 9.96. The van der Waals surface area contributed by atoms with Crippen molar-refractivity contribution in [3.63, 3.8) is 0 Å². The number of ether oxygens (including phenoxy) is 3. The van der Waals surface area contributed by atoms with E-state index in [1.165, 1.54) is 32.4 Å². The van der Waals surface area contributed by atoms with Gasteiger partial charge in [-0.15, -0.1) is 0 Å². The zero-order valence-corrected chi connectivity index (χ0v) is 14.9. The lowest BCUT2D eigenvalue weighted by Gasteiger charge is -2.20. The number of ketones is 1. The standard InChI is InChI=1S/C16H21NO7S/c1-22-14-8-7-11(9-15(14)23-2)25(20,21)17-10-16(19)24-13-6-4-3-5-12(13)18/h7-9,13,17H,3-6,10H2,1-2H3/t13-/m1/s1. The number of sulfonamides is 1. The second-order valence-electron chi connectivity index (χ2n) is 5.53. The lowest BCUT2D eigenvalue weighted by molar-refractivity contribution is -0.155. The molecule has 0 unspecified atom stereocenters. The zero-order chi connectivity index (χ0) is 18.4. The largest absolute Gasteiger partial charge is 0.493 e. The molecule has 9 heteroatoms. The van der Waals surface area contributed by atoms with E-state index >= 15 is 0 Å². The predicted octanol–water partition coefficient (Wildman–Crippen LogP) is 1.04. The molecule has 0 aromatic heterocycles. The Labute approximate surface area is 146 Å². The third-order valence-corrected chi connectivity index (χ3v) is 5.24. The second kappa shape index (κ2) is 8.30. The van der Waals surface area contributed by atoms with Gasteiger partial charge in [0.15, 0.2) is 23.4 Å². The van der Waals surface area contributed by atoms with Gasteiger partial charge in [0.2, 0.25) is 10.0 Å². The molecule has 0 saturated heterocycles. The molecule has 1 N–H and O–H groups in total. The molecule has 0 bridgehead atoms. The first-order valence-corrected chi connectivity index (χ1v) is 9.29. The number of carbonyl (C=O) groups excluding carboxylic acids is 2. The molecule has 0 heterocycles. The van der Waals surface area contributed by atoms with Crippen molar-refractivity contribution in [2.75, 3.05) is 20.8 Å². The lowest BCUT2D eigenvalue weighted by Crippen LogP contribution is -2.36. The van der Waals surface area contributed by atoms with Crippen molar-refractivity contribution in [3.8, 4) is 11.5 Å². The van der Waals surface area contributed by atoms with Gasteiger partial charge in [-0.05, 0) is 31.4 Å². The van der Waals surface area contributed by atoms with Gasteiger partial charge < -0.3 is 14.2 Å². The van der Waals surface area contributed by atoms with Crippen LogP contribution in [0.15, 0.2) is 23.1 Å². The summed E-state index contributed by atoms with van der Waals surface area (Å²) in [5, 5.41) is 0. The molecule has 1 fully saturated rings. The summed E-state index contributed by atoms with van der Waals surface area (Å²) in [5.41, 5.74) is 0. The summed E-state index contributed by atoms with van der Waals surface area (Å²) in [5.74, 6) is -0.274. The predicted molar refractivity (Wildman–Crippen MR) is 88.1 cm³/mol. The number of methoxy groups -OCH3 is 2. The molecule has 0 spiro atoms. The van der Waals surface area contributed by atoms with Gasteiger partial charge in [0.05, 0.1) is 19.1 Å². The van der Waals surface area contributed by atoms with Crippen molar-refractivity contribution in [1.29, 1.82) is 0 Å². The van der Waals surface area contributed by atoms with Crippen LogP contribution in [0.1, 0.15) is 25.7 Å². The molecule has 2 rings (SSSR count). The molecule has 25 heavy (non-hydrogen) atoms. The Hall–Kier alpha value is -2.13. The molecule has 138 valence electrons. The van der Waals surface area contributed by atoms with Crippen LogP contribution in [0.2, 0.25) is 0 Å². The molecule has 1 saturated carbocycles. The Bertz CT molecular complexity index is 745. The molecule has 0 radical (unpaired) electrons. The van der Waals surface area contributed by atoms with Gasteiger partial charge in [-0.1, -0.05) is 0 Å². The highest BCUT2D eigenvalue weighted by Gasteiger charge is 2.26. The summed E-state index contributed by atoms with van der Waals surface area (Å²) in [6.45, 7) is -0.555. The van der Waals surface area contributed by atoms with E-state index in [1.54, 1.807) is 0 Å². The van der Waals surface area contributed by atoms with E-state index in [9.17, 15) is 18.0 Å². The van der Waals surface area contributed by atoms with E-state index in [2.05, 4.69) is 4.72 Å². The van der Waals surface area contributed by atoms with Gasteiger partial charge in [-0.2, -0.15) is 4.72 Å². The number of nitrogens with one attached hydrogen (secondary N) is 1. The van der Waals surface area contributed by atoms with Crippen LogP contribution in [-0.2, 0) is 24.3 Å². The third kappa shape index (κ3) is 4.93. The van der Waals surface area contributed by atoms with Crippen LogP contribution in [0.3, 0.4) is 0 Å². The SMILES string of the molecule is COc1ccc(S(=O)(=O)NCC(=O)O[C@@H]2CCCCC2=O)cc1OC. The average molecular weight is 371 g/mol. The minimum Gasteiger partial charge on any atom is -0.493 e. The minimum absolute atomic E-state index is 0.0771. The van der Waals surface area contributed by atoms with Gasteiger partial charge in [-0.3, -0.25) is 9.59 Å². The zero-order valence-electron chi connectivity index (χ0n) is 14.1. The summed E-state index contributed by atoms with van der Waals surface area (Å²) >= 11 is 0. The third-order valence-electron chi connectivity index (χ3n) is 3.84. The fourth-order valence-electron chi connectivity index (χ4n) is 2.50. The molecule has 0 aliphatic heterocycles. The molecule has 1 atom stereocenters. The Morgan fingerprint density at radius 3 is 2.56 bits per heavy atom. The quantitative estimate of drug-likeness (QED) is 0.713. The maximum absolute atomic E-state index is 12.3. The summed E-state index contributed by atoms with van der Waals surface area (Å²) in [4.78, 5) is 23.4. The Balaban J connectivity index is 1.99. The maximum Gasteiger partial charge on any atom is 0.321 e. The highest BCUT2D eigenvalue weighted by molar-refractivity contribution is 7.89. The Morgan fingerprint density at radius 2 is 1.92 bits per heavy atom. The molecule has 8 nitrogen and oxygen atoms in total. The summed E-state index contributed by atoms with van der Waals surface area (Å²) in [6, 6.07) is 4.07. The van der Waals surface area contributed by atoms with E-state index in [4.69, 9.17) is 14.2 Å². The van der Waals surface area contributed by atoms with Crippen molar-refractivity contribution < 1.29 is 32.2 Å². The normalized spacial score (nSPS) is 17.8. The minimum atomic E-state index is -3.94. The molecular formula is C16H21NO7S. The topological polar surface area (TPSA) is 108 Å². The van der Waals surface area contributed by atoms with E-state index in [1.807, 2.05) is 0 Å². The smallest absolute Gasteiger partial charge is 0.321 e. The fraction of sp³-hybridized carbons (Fsp3) is 0.500. The molecular weight excluding hydrogens is 350 g/mol. The molecule has 0 amide bonds. The number of hydrogen-bond acceptors (Lipinski definition) is 7. The van der Waals surface area contributed by atoms with Crippen LogP contribution < -0.4 is 14.2 Å². The van der Waals surface area contributed by atoms with Crippen LogP contribution in [-0.4, -0.2) is 47.0 Å². The van der Waals surface area contributed by atoms with Crippen LogP contribution >= 0.6 is 0 Å². The first kappa shape index (κ1) is 19.2. The van der Waals surface area contributed by atoms with Crippen molar-refractivity contribution >= 4 is 21.8 Å². The van der Waals surface area contributed by atoms with Gasteiger partial charge in [0.1, 0.15) is 6.54 Å². The van der Waals surface area contributed by atoms with Crippen LogP contribution in [0, 0.1) is 0 Å². The monoisotopic (exact) mass is 371 g/mol. The van der Waals surface area contributed by atoms with Crippen molar-refractivity contribution in [3.05, 3.63) is 18.2 Å². The number of carbonyl (C=O) groups is 2. The first-order valence-electron chi connectivity index (χ1n) is 7.81. The first-order chi connectivity index (χ1) is 11.9. The number of hydrogen-bond donors (Lipinski definition) is 1. The number of benzene rings is 1. The number of rotatable bonds is 7. The van der Waals surface area contributed by atoms with Crippen LogP contribution in [0.4, 0.5) is 0 Å². The van der Waals surface area contributed by atoms with Crippen molar-refractivity contribution in [2.45, 2.75) is 36.7 Å². The van der Waals surface area contributed by atoms with Gasteiger partial charge in [0, 0.05) is 12.5 Å². The number of Topliss-reactive ketones (excluding diaryl/α,β-unsaturated/α-hetero) is 1. The van der Waals surface area contributed by atoms with Gasteiger partial charge in [0.25, 0.3) is 0 Å². The molecule has 1 aliphatic rings. The van der Waals surface area contributed by atoms with E-state index in [0.717, 1.165) is 12.8 Å². The highest BCUT2D eigenvalue weighted by Crippen LogP contribution is 2.29. The second-order valence-corrected chi connectivity index (χ2v) is 7.30. The average Bonchev–Trinajstić information content (AvgIpc) is 2.61. The molecule has 1 aliphatic carbocycles. The van der Waals surface area contributed by atoms with Gasteiger partial charge >= 0.3 is 5.97 Å². The summed E-state index contributed by atoms with van der Waals surface area (Å²) < 4.78 is 41.9. The van der Waals surface area contributed by atoms with E-state index in [0.29, 0.717) is 18.6 Å². The van der Waals surface area contributed by atoms with E-state index in [-0.39, 0.29) is 16.4 Å².